The number of methoxy groups -OCH3 is 1. The predicted molar refractivity (Wildman–Crippen MR) is 135 cm³/mol. The Morgan fingerprint density at radius 3 is 2.39 bits per heavy atom. The highest BCUT2D eigenvalue weighted by Crippen LogP contribution is 2.42. The summed E-state index contributed by atoms with van der Waals surface area (Å²) in [4.78, 5) is 2.53. The number of fused-ring (bicyclic) bond motifs is 1. The number of likely N-dealkylation sites (N-methyl/N-ethyl adjacent to an activating group) is 1. The summed E-state index contributed by atoms with van der Waals surface area (Å²) >= 11 is 0. The van der Waals surface area contributed by atoms with E-state index in [-0.39, 0.29) is 48.5 Å². The molecule has 1 saturated heterocycles. The Morgan fingerprint density at radius 2 is 1.76 bits per heavy atom. The van der Waals surface area contributed by atoms with E-state index in [1.54, 1.807) is 13.2 Å². The number of phenols is 2. The zero-order valence-electron chi connectivity index (χ0n) is 19.3. The molecule has 0 amide bonds. The number of likely N-dealkylation sites (tertiary alicyclic amines) is 1. The summed E-state index contributed by atoms with van der Waals surface area (Å²) in [5.74, 6) is 1.33. The molecule has 4 rings (SSSR count). The van der Waals surface area contributed by atoms with E-state index in [0.29, 0.717) is 18.9 Å². The van der Waals surface area contributed by atoms with E-state index in [0.717, 1.165) is 55.8 Å². The maximum absolute atomic E-state index is 10.5. The fourth-order valence-electron chi connectivity index (χ4n) is 4.94. The lowest BCUT2D eigenvalue weighted by Crippen LogP contribution is -2.42. The van der Waals surface area contributed by atoms with Crippen LogP contribution in [0.2, 0.25) is 0 Å². The van der Waals surface area contributed by atoms with Crippen LogP contribution in [0.3, 0.4) is 0 Å². The zero-order chi connectivity index (χ0) is 21.8. The smallest absolute Gasteiger partial charge is 0.161 e. The molecule has 2 aliphatic heterocycles. The van der Waals surface area contributed by atoms with Gasteiger partial charge in [0.2, 0.25) is 0 Å². The van der Waals surface area contributed by atoms with Crippen molar-refractivity contribution in [1.29, 1.82) is 0 Å². The van der Waals surface area contributed by atoms with Crippen LogP contribution in [0, 0.1) is 5.92 Å². The fraction of sp³-hybridized carbons (Fsp3) is 0.520. The molecule has 2 aliphatic rings. The third-order valence-corrected chi connectivity index (χ3v) is 6.81. The number of aromatic hydroxyl groups is 2. The normalized spacial score (nSPS) is 20.9. The number of hydrogen-bond acceptors (Lipinski definition) is 6. The van der Waals surface area contributed by atoms with E-state index in [9.17, 15) is 10.2 Å². The molecular formula is C25H36Cl2N2O4. The number of nitrogens with zero attached hydrogens (tertiary/aromatic N) is 1. The molecule has 2 aromatic rings. The van der Waals surface area contributed by atoms with Crippen molar-refractivity contribution >= 4 is 24.8 Å². The molecule has 0 bridgehead atoms. The number of halogens is 2. The minimum atomic E-state index is -0.0987. The van der Waals surface area contributed by atoms with Crippen molar-refractivity contribution in [2.45, 2.75) is 37.9 Å². The van der Waals surface area contributed by atoms with E-state index in [1.165, 1.54) is 5.56 Å². The molecule has 1 fully saturated rings. The first-order chi connectivity index (χ1) is 15.1. The molecule has 2 atom stereocenters. The van der Waals surface area contributed by atoms with E-state index in [4.69, 9.17) is 9.47 Å². The third kappa shape index (κ3) is 6.46. The molecule has 2 unspecified atom stereocenters. The molecule has 3 N–H and O–H groups in total. The summed E-state index contributed by atoms with van der Waals surface area (Å²) in [5, 5.41) is 23.6. The zero-order valence-corrected chi connectivity index (χ0v) is 21.0. The molecule has 6 nitrogen and oxygen atoms in total. The summed E-state index contributed by atoms with van der Waals surface area (Å²) in [6, 6.07) is 11.8. The predicted octanol–water partition coefficient (Wildman–Crippen LogP) is 4.11. The van der Waals surface area contributed by atoms with Crippen LogP contribution in [-0.4, -0.2) is 61.6 Å². The SMILES string of the molecule is CNCC1OC(C2CCN(CCc3ccc(OC)cc3)CC2)Cc2c1ccc(O)c2O.Cl.Cl. The van der Waals surface area contributed by atoms with Gasteiger partial charge in [-0.25, -0.2) is 0 Å². The highest BCUT2D eigenvalue weighted by Gasteiger charge is 2.35. The van der Waals surface area contributed by atoms with E-state index in [2.05, 4.69) is 22.3 Å². The van der Waals surface area contributed by atoms with Gasteiger partial charge in [-0.2, -0.15) is 0 Å². The third-order valence-electron chi connectivity index (χ3n) is 6.81. The number of hydrogen-bond donors (Lipinski definition) is 3. The summed E-state index contributed by atoms with van der Waals surface area (Å²) in [6.07, 6.45) is 3.86. The van der Waals surface area contributed by atoms with Crippen LogP contribution < -0.4 is 10.1 Å². The Morgan fingerprint density at radius 1 is 1.06 bits per heavy atom. The van der Waals surface area contributed by atoms with Crippen molar-refractivity contribution in [2.24, 2.45) is 5.92 Å². The summed E-state index contributed by atoms with van der Waals surface area (Å²) in [7, 11) is 3.60. The van der Waals surface area contributed by atoms with Crippen LogP contribution in [-0.2, 0) is 17.6 Å². The first-order valence-corrected chi connectivity index (χ1v) is 11.3. The average molecular weight is 499 g/mol. The number of phenolic OH excluding ortho intramolecular Hbond substituents is 2. The quantitative estimate of drug-likeness (QED) is 0.498. The van der Waals surface area contributed by atoms with Gasteiger partial charge in [-0.15, -0.1) is 24.8 Å². The number of benzene rings is 2. The average Bonchev–Trinajstić information content (AvgIpc) is 2.81. The molecule has 2 heterocycles. The maximum atomic E-state index is 10.5. The van der Waals surface area contributed by atoms with Gasteiger partial charge in [0.15, 0.2) is 11.5 Å². The minimum Gasteiger partial charge on any atom is -0.504 e. The van der Waals surface area contributed by atoms with Crippen molar-refractivity contribution in [2.75, 3.05) is 40.3 Å². The lowest BCUT2D eigenvalue weighted by molar-refractivity contribution is -0.0670. The first kappa shape index (κ1) is 27.5. The molecule has 0 spiro atoms. The largest absolute Gasteiger partial charge is 0.504 e. The second kappa shape index (κ2) is 12.7. The molecule has 0 radical (unpaired) electrons. The molecule has 8 heteroatoms. The molecule has 0 aromatic heterocycles. The highest BCUT2D eigenvalue weighted by molar-refractivity contribution is 5.85. The Kier molecular flexibility index (Phi) is 10.6. The first-order valence-electron chi connectivity index (χ1n) is 11.3. The lowest BCUT2D eigenvalue weighted by atomic mass is 9.83. The van der Waals surface area contributed by atoms with Crippen molar-refractivity contribution in [3.8, 4) is 17.2 Å². The van der Waals surface area contributed by atoms with Crippen LogP contribution in [0.4, 0.5) is 0 Å². The summed E-state index contributed by atoms with van der Waals surface area (Å²) in [5.41, 5.74) is 3.16. The topological polar surface area (TPSA) is 74.2 Å². The van der Waals surface area contributed by atoms with Gasteiger partial charge < -0.3 is 29.9 Å². The lowest BCUT2D eigenvalue weighted by Gasteiger charge is -2.40. The minimum absolute atomic E-state index is 0. The van der Waals surface area contributed by atoms with E-state index < -0.39 is 0 Å². The van der Waals surface area contributed by atoms with Crippen molar-refractivity contribution in [3.05, 3.63) is 53.1 Å². The fourth-order valence-corrected chi connectivity index (χ4v) is 4.94. The van der Waals surface area contributed by atoms with Gasteiger partial charge >= 0.3 is 0 Å². The molecule has 0 saturated carbocycles. The van der Waals surface area contributed by atoms with Crippen molar-refractivity contribution in [3.63, 3.8) is 0 Å². The summed E-state index contributed by atoms with van der Waals surface area (Å²) in [6.45, 7) is 3.88. The van der Waals surface area contributed by atoms with Gasteiger partial charge in [0.25, 0.3) is 0 Å². The number of ether oxygens (including phenoxy) is 2. The highest BCUT2D eigenvalue weighted by atomic mass is 35.5. The van der Waals surface area contributed by atoms with Crippen LogP contribution in [0.1, 0.15) is 35.6 Å². The Hall–Kier alpha value is -1.70. The number of nitrogens with one attached hydrogen (secondary N) is 1. The van der Waals surface area contributed by atoms with Crippen LogP contribution in [0.25, 0.3) is 0 Å². The second-order valence-electron chi connectivity index (χ2n) is 8.70. The van der Waals surface area contributed by atoms with Gasteiger partial charge in [-0.05, 0) is 74.6 Å². The van der Waals surface area contributed by atoms with Gasteiger partial charge in [0, 0.05) is 25.1 Å². The van der Waals surface area contributed by atoms with E-state index in [1.807, 2.05) is 25.2 Å². The second-order valence-corrected chi connectivity index (χ2v) is 8.70. The van der Waals surface area contributed by atoms with Crippen molar-refractivity contribution in [1.82, 2.24) is 10.2 Å². The monoisotopic (exact) mass is 498 g/mol. The van der Waals surface area contributed by atoms with Gasteiger partial charge in [0.1, 0.15) is 5.75 Å². The standard InChI is InChI=1S/C25H34N2O4.2ClH/c1-26-16-24-20-7-8-22(28)25(29)21(20)15-23(31-24)18-10-13-27(14-11-18)12-9-17-3-5-19(30-2)6-4-17;;/h3-8,18,23-24,26,28-29H,9-16H2,1-2H3;2*1H. The molecule has 0 aliphatic carbocycles. The Labute approximate surface area is 209 Å². The maximum Gasteiger partial charge on any atom is 0.161 e. The molecule has 33 heavy (non-hydrogen) atoms. The van der Waals surface area contributed by atoms with Gasteiger partial charge in [-0.3, -0.25) is 0 Å². The van der Waals surface area contributed by atoms with E-state index >= 15 is 0 Å². The van der Waals surface area contributed by atoms with Crippen LogP contribution in [0.15, 0.2) is 36.4 Å². The van der Waals surface area contributed by atoms with Gasteiger partial charge in [-0.1, -0.05) is 18.2 Å². The van der Waals surface area contributed by atoms with Crippen molar-refractivity contribution < 1.29 is 19.7 Å². The van der Waals surface area contributed by atoms with Crippen LogP contribution in [0.5, 0.6) is 17.2 Å². The number of rotatable bonds is 7. The Balaban J connectivity index is 0.00000193. The molecule has 2 aromatic carbocycles. The van der Waals surface area contributed by atoms with Crippen LogP contribution >= 0.6 is 24.8 Å². The van der Waals surface area contributed by atoms with Gasteiger partial charge in [0.05, 0.1) is 19.3 Å². The summed E-state index contributed by atoms with van der Waals surface area (Å²) < 4.78 is 11.7. The number of piperidine rings is 1. The Bertz CT molecular complexity index is 873. The molecular weight excluding hydrogens is 463 g/mol. The molecule has 184 valence electrons.